The van der Waals surface area contributed by atoms with E-state index < -0.39 is 5.25 Å². The fourth-order valence-corrected chi connectivity index (χ4v) is 3.46. The molecular formula is C15H18N6O2S. The molecule has 8 nitrogen and oxygen atoms in total. The second-order valence-electron chi connectivity index (χ2n) is 5.27. The van der Waals surface area contributed by atoms with Crippen molar-refractivity contribution in [2.24, 2.45) is 0 Å². The summed E-state index contributed by atoms with van der Waals surface area (Å²) in [6.45, 7) is 5.36. The minimum absolute atomic E-state index is 0.217. The number of aromatic nitrogens is 4. The van der Waals surface area contributed by atoms with Gasteiger partial charge >= 0.3 is 6.03 Å². The van der Waals surface area contributed by atoms with Gasteiger partial charge in [-0.3, -0.25) is 14.7 Å². The predicted molar refractivity (Wildman–Crippen MR) is 89.4 cm³/mol. The molecule has 2 aromatic heterocycles. The number of nitrogens with one attached hydrogen (secondary N) is 1. The highest BCUT2D eigenvalue weighted by atomic mass is 32.2. The van der Waals surface area contributed by atoms with Gasteiger partial charge in [0.05, 0.1) is 5.25 Å². The quantitative estimate of drug-likeness (QED) is 0.823. The first-order valence-corrected chi connectivity index (χ1v) is 8.59. The lowest BCUT2D eigenvalue weighted by molar-refractivity contribution is -0.126. The molecular weight excluding hydrogens is 328 g/mol. The minimum Gasteiger partial charge on any atom is -0.336 e. The van der Waals surface area contributed by atoms with Gasteiger partial charge in [-0.25, -0.2) is 4.79 Å². The highest BCUT2D eigenvalue weighted by Gasteiger charge is 2.31. The van der Waals surface area contributed by atoms with Crippen molar-refractivity contribution in [1.29, 1.82) is 0 Å². The zero-order chi connectivity index (χ0) is 17.1. The molecule has 1 saturated heterocycles. The van der Waals surface area contributed by atoms with Crippen molar-refractivity contribution >= 4 is 23.7 Å². The second kappa shape index (κ2) is 7.00. The van der Waals surface area contributed by atoms with E-state index in [9.17, 15) is 9.59 Å². The molecule has 0 radical (unpaired) electrons. The molecule has 2 aromatic rings. The Morgan fingerprint density at radius 1 is 1.38 bits per heavy atom. The fraction of sp³-hybridized carbons (Fsp3) is 0.400. The van der Waals surface area contributed by atoms with E-state index in [1.165, 1.54) is 16.7 Å². The van der Waals surface area contributed by atoms with Gasteiger partial charge in [-0.15, -0.1) is 10.2 Å². The van der Waals surface area contributed by atoms with Crippen LogP contribution in [-0.2, 0) is 11.3 Å². The number of amides is 3. The Labute approximate surface area is 143 Å². The summed E-state index contributed by atoms with van der Waals surface area (Å²) in [7, 11) is 0. The molecule has 3 heterocycles. The van der Waals surface area contributed by atoms with Crippen LogP contribution in [0.25, 0.3) is 11.4 Å². The first kappa shape index (κ1) is 16.4. The molecule has 1 aliphatic heterocycles. The van der Waals surface area contributed by atoms with E-state index >= 15 is 0 Å². The van der Waals surface area contributed by atoms with Crippen molar-refractivity contribution in [3.05, 3.63) is 24.5 Å². The lowest BCUT2D eigenvalue weighted by Gasteiger charge is -2.17. The number of pyridine rings is 1. The molecule has 0 aromatic carbocycles. The summed E-state index contributed by atoms with van der Waals surface area (Å²) >= 11 is 1.31. The minimum atomic E-state index is -0.423. The highest BCUT2D eigenvalue weighted by Crippen LogP contribution is 2.27. The average Bonchev–Trinajstić information content (AvgIpc) is 3.20. The Morgan fingerprint density at radius 3 is 2.75 bits per heavy atom. The summed E-state index contributed by atoms with van der Waals surface area (Å²) in [5.74, 6) is 0.520. The molecule has 3 rings (SSSR count). The summed E-state index contributed by atoms with van der Waals surface area (Å²) < 4.78 is 1.95. The van der Waals surface area contributed by atoms with E-state index in [-0.39, 0.29) is 11.9 Å². The van der Waals surface area contributed by atoms with Crippen molar-refractivity contribution in [3.8, 4) is 11.4 Å². The molecule has 0 saturated carbocycles. The zero-order valence-electron chi connectivity index (χ0n) is 13.5. The maximum Gasteiger partial charge on any atom is 0.324 e. The molecule has 0 bridgehead atoms. The third-order valence-electron chi connectivity index (χ3n) is 3.72. The first-order valence-electron chi connectivity index (χ1n) is 7.71. The van der Waals surface area contributed by atoms with Gasteiger partial charge in [-0.05, 0) is 26.0 Å². The van der Waals surface area contributed by atoms with Gasteiger partial charge in [0, 0.05) is 37.6 Å². The summed E-state index contributed by atoms with van der Waals surface area (Å²) in [5, 5.41) is 11.3. The van der Waals surface area contributed by atoms with Crippen LogP contribution in [-0.4, -0.2) is 54.9 Å². The van der Waals surface area contributed by atoms with Crippen molar-refractivity contribution in [3.63, 3.8) is 0 Å². The first-order chi connectivity index (χ1) is 11.6. The van der Waals surface area contributed by atoms with Gasteiger partial charge in [0.15, 0.2) is 11.0 Å². The summed E-state index contributed by atoms with van der Waals surface area (Å²) in [5.41, 5.74) is 0.920. The number of hydrogen-bond donors (Lipinski definition) is 1. The lowest BCUT2D eigenvalue weighted by atomic mass is 10.2. The van der Waals surface area contributed by atoms with Crippen LogP contribution >= 0.6 is 11.8 Å². The highest BCUT2D eigenvalue weighted by molar-refractivity contribution is 8.00. The molecule has 1 fully saturated rings. The third kappa shape index (κ3) is 3.12. The average molecular weight is 346 g/mol. The number of carbonyl (C=O) groups is 2. The van der Waals surface area contributed by atoms with Gasteiger partial charge in [0.2, 0.25) is 5.91 Å². The number of carbonyl (C=O) groups excluding carboxylic acids is 2. The van der Waals surface area contributed by atoms with Crippen molar-refractivity contribution < 1.29 is 9.59 Å². The Hall–Kier alpha value is -2.42. The number of hydrogen-bond acceptors (Lipinski definition) is 6. The molecule has 1 atom stereocenters. The standard InChI is InChI=1S/C15H18N6O2S/c1-3-20-12(11-4-6-16-7-5-11)18-19-15(20)24-10(2)13(22)21-9-8-17-14(21)23/h4-7,10H,3,8-9H2,1-2H3,(H,17,23)/t10-/m0/s1. The van der Waals surface area contributed by atoms with Gasteiger partial charge in [0.1, 0.15) is 0 Å². The molecule has 1 aliphatic rings. The number of thioether (sulfide) groups is 1. The lowest BCUT2D eigenvalue weighted by Crippen LogP contribution is -2.39. The van der Waals surface area contributed by atoms with E-state index in [1.54, 1.807) is 19.3 Å². The van der Waals surface area contributed by atoms with Gasteiger partial charge in [-0.1, -0.05) is 11.8 Å². The summed E-state index contributed by atoms with van der Waals surface area (Å²) in [6.07, 6.45) is 3.41. The SMILES string of the molecule is CCn1c(S[C@@H](C)C(=O)N2CCNC2=O)nnc1-c1ccncc1. The van der Waals surface area contributed by atoms with Crippen LogP contribution in [0.3, 0.4) is 0 Å². The monoisotopic (exact) mass is 346 g/mol. The van der Waals surface area contributed by atoms with E-state index in [0.717, 1.165) is 11.4 Å². The topological polar surface area (TPSA) is 93.0 Å². The van der Waals surface area contributed by atoms with Crippen LogP contribution in [0.5, 0.6) is 0 Å². The van der Waals surface area contributed by atoms with Crippen molar-refractivity contribution in [2.75, 3.05) is 13.1 Å². The van der Waals surface area contributed by atoms with Crippen LogP contribution in [0.2, 0.25) is 0 Å². The second-order valence-corrected chi connectivity index (χ2v) is 6.58. The Bertz CT molecular complexity index is 748. The van der Waals surface area contributed by atoms with Crippen LogP contribution < -0.4 is 5.32 Å². The zero-order valence-corrected chi connectivity index (χ0v) is 14.3. The predicted octanol–water partition coefficient (Wildman–Crippen LogP) is 1.39. The summed E-state index contributed by atoms with van der Waals surface area (Å²) in [4.78, 5) is 29.3. The number of rotatable bonds is 5. The summed E-state index contributed by atoms with van der Waals surface area (Å²) in [6, 6.07) is 3.41. The molecule has 3 amide bonds. The van der Waals surface area contributed by atoms with Crippen LogP contribution in [0.1, 0.15) is 13.8 Å². The molecule has 1 N–H and O–H groups in total. The molecule has 24 heavy (non-hydrogen) atoms. The Balaban J connectivity index is 1.79. The van der Waals surface area contributed by atoms with Gasteiger partial charge in [0.25, 0.3) is 0 Å². The third-order valence-corrected chi connectivity index (χ3v) is 4.79. The number of imide groups is 1. The Kier molecular flexibility index (Phi) is 4.79. The maximum absolute atomic E-state index is 12.4. The normalized spacial score (nSPS) is 15.4. The van der Waals surface area contributed by atoms with Crippen molar-refractivity contribution in [2.45, 2.75) is 30.8 Å². The number of nitrogens with zero attached hydrogens (tertiary/aromatic N) is 5. The van der Waals surface area contributed by atoms with Gasteiger partial charge < -0.3 is 9.88 Å². The van der Waals surface area contributed by atoms with E-state index in [1.807, 2.05) is 23.6 Å². The van der Waals surface area contributed by atoms with E-state index in [2.05, 4.69) is 20.5 Å². The van der Waals surface area contributed by atoms with Crippen molar-refractivity contribution in [1.82, 2.24) is 30.0 Å². The van der Waals surface area contributed by atoms with Crippen LogP contribution in [0.15, 0.2) is 29.7 Å². The molecule has 0 unspecified atom stereocenters. The molecule has 0 spiro atoms. The molecule has 9 heteroatoms. The smallest absolute Gasteiger partial charge is 0.324 e. The number of urea groups is 1. The molecule has 126 valence electrons. The Morgan fingerprint density at radius 2 is 2.12 bits per heavy atom. The maximum atomic E-state index is 12.4. The van der Waals surface area contributed by atoms with Gasteiger partial charge in [-0.2, -0.15) is 0 Å². The fourth-order valence-electron chi connectivity index (χ4n) is 2.49. The van der Waals surface area contributed by atoms with Crippen LogP contribution in [0, 0.1) is 0 Å². The van der Waals surface area contributed by atoms with E-state index in [4.69, 9.17) is 0 Å². The molecule has 0 aliphatic carbocycles. The van der Waals surface area contributed by atoms with E-state index in [0.29, 0.717) is 24.8 Å². The largest absolute Gasteiger partial charge is 0.336 e. The van der Waals surface area contributed by atoms with Crippen LogP contribution in [0.4, 0.5) is 4.79 Å².